The standard InChI is InChI=1S/C19H23NO2S2/c21-18-17(24-19(23)20-18)13-15-7-9-16(10-8-15)22-12-11-14-5-3-1-2-4-6-14/h7-10,13-14H,1-6,11-12H2,(H,20,21,23). The van der Waals surface area contributed by atoms with Crippen LogP contribution in [0.25, 0.3) is 6.08 Å². The molecule has 128 valence electrons. The van der Waals surface area contributed by atoms with Crippen molar-refractivity contribution in [3.8, 4) is 5.75 Å². The third-order valence-corrected chi connectivity index (χ3v) is 5.75. The van der Waals surface area contributed by atoms with Gasteiger partial charge in [-0.3, -0.25) is 4.79 Å². The molecule has 1 saturated carbocycles. The minimum absolute atomic E-state index is 0.117. The summed E-state index contributed by atoms with van der Waals surface area (Å²) >= 11 is 6.30. The van der Waals surface area contributed by atoms with Crippen molar-refractivity contribution >= 4 is 40.3 Å². The largest absolute Gasteiger partial charge is 0.494 e. The Kier molecular flexibility index (Phi) is 6.32. The predicted octanol–water partition coefficient (Wildman–Crippen LogP) is 4.91. The molecule has 2 aliphatic rings. The molecule has 0 spiro atoms. The Labute approximate surface area is 153 Å². The number of hydrogen-bond donors (Lipinski definition) is 1. The number of rotatable bonds is 5. The molecule has 1 aromatic carbocycles. The van der Waals surface area contributed by atoms with Gasteiger partial charge in [0.25, 0.3) is 5.91 Å². The lowest BCUT2D eigenvalue weighted by molar-refractivity contribution is -0.115. The zero-order chi connectivity index (χ0) is 16.8. The molecule has 1 heterocycles. The lowest BCUT2D eigenvalue weighted by Crippen LogP contribution is -2.17. The minimum Gasteiger partial charge on any atom is -0.494 e. The van der Waals surface area contributed by atoms with Gasteiger partial charge in [0.1, 0.15) is 10.1 Å². The quantitative estimate of drug-likeness (QED) is 0.459. The van der Waals surface area contributed by atoms with Gasteiger partial charge in [0.05, 0.1) is 11.5 Å². The van der Waals surface area contributed by atoms with Crippen LogP contribution in [-0.4, -0.2) is 16.8 Å². The van der Waals surface area contributed by atoms with Gasteiger partial charge < -0.3 is 10.1 Å². The fraction of sp³-hybridized carbons (Fsp3) is 0.474. The summed E-state index contributed by atoms with van der Waals surface area (Å²) in [4.78, 5) is 12.3. The summed E-state index contributed by atoms with van der Waals surface area (Å²) in [5.74, 6) is 1.61. The van der Waals surface area contributed by atoms with E-state index in [0.717, 1.165) is 30.3 Å². The SMILES string of the molecule is O=C1NC(=S)SC1=Cc1ccc(OCCC2CCCCCC2)cc1. The van der Waals surface area contributed by atoms with Crippen LogP contribution in [0.1, 0.15) is 50.5 Å². The van der Waals surface area contributed by atoms with Gasteiger partial charge in [-0.15, -0.1) is 0 Å². The number of thiocarbonyl (C=S) groups is 1. The molecule has 3 rings (SSSR count). The average Bonchev–Trinajstić information content (AvgIpc) is 2.77. The molecule has 24 heavy (non-hydrogen) atoms. The highest BCUT2D eigenvalue weighted by Gasteiger charge is 2.21. The van der Waals surface area contributed by atoms with Crippen molar-refractivity contribution in [3.63, 3.8) is 0 Å². The Morgan fingerprint density at radius 3 is 2.50 bits per heavy atom. The van der Waals surface area contributed by atoms with E-state index in [1.54, 1.807) is 0 Å². The molecule has 1 saturated heterocycles. The Morgan fingerprint density at radius 1 is 1.17 bits per heavy atom. The van der Waals surface area contributed by atoms with E-state index in [0.29, 0.717) is 9.23 Å². The van der Waals surface area contributed by atoms with E-state index in [1.165, 1.54) is 50.3 Å². The number of carbonyl (C=O) groups is 1. The second kappa shape index (κ2) is 8.67. The Hall–Kier alpha value is -1.33. The maximum Gasteiger partial charge on any atom is 0.263 e. The summed E-state index contributed by atoms with van der Waals surface area (Å²) in [5, 5.41) is 2.62. The van der Waals surface area contributed by atoms with E-state index in [-0.39, 0.29) is 5.91 Å². The average molecular weight is 362 g/mol. The number of thioether (sulfide) groups is 1. The highest BCUT2D eigenvalue weighted by molar-refractivity contribution is 8.26. The van der Waals surface area contributed by atoms with E-state index < -0.39 is 0 Å². The van der Waals surface area contributed by atoms with Crippen LogP contribution in [0.3, 0.4) is 0 Å². The van der Waals surface area contributed by atoms with Crippen LogP contribution in [0.2, 0.25) is 0 Å². The first-order valence-corrected chi connectivity index (χ1v) is 9.91. The molecule has 0 atom stereocenters. The molecule has 1 amide bonds. The van der Waals surface area contributed by atoms with Crippen molar-refractivity contribution in [1.82, 2.24) is 5.32 Å². The van der Waals surface area contributed by atoms with Gasteiger partial charge in [-0.05, 0) is 36.1 Å². The van der Waals surface area contributed by atoms with E-state index >= 15 is 0 Å². The molecular weight excluding hydrogens is 338 g/mol. The normalized spacial score (nSPS) is 20.9. The van der Waals surface area contributed by atoms with Gasteiger partial charge in [0.2, 0.25) is 0 Å². The third kappa shape index (κ3) is 5.08. The van der Waals surface area contributed by atoms with Crippen molar-refractivity contribution in [2.45, 2.75) is 44.9 Å². The highest BCUT2D eigenvalue weighted by atomic mass is 32.2. The first-order chi connectivity index (χ1) is 11.7. The maximum atomic E-state index is 11.7. The molecule has 2 fully saturated rings. The summed E-state index contributed by atoms with van der Waals surface area (Å²) in [5.41, 5.74) is 0.980. The Balaban J connectivity index is 1.48. The van der Waals surface area contributed by atoms with Crippen molar-refractivity contribution < 1.29 is 9.53 Å². The van der Waals surface area contributed by atoms with Crippen LogP contribution in [-0.2, 0) is 4.79 Å². The number of amides is 1. The highest BCUT2D eigenvalue weighted by Crippen LogP contribution is 2.27. The molecule has 1 aliphatic carbocycles. The van der Waals surface area contributed by atoms with Crippen molar-refractivity contribution in [2.24, 2.45) is 5.92 Å². The molecule has 0 unspecified atom stereocenters. The van der Waals surface area contributed by atoms with Gasteiger partial charge in [-0.2, -0.15) is 0 Å². The summed E-state index contributed by atoms with van der Waals surface area (Å²) in [6.45, 7) is 0.789. The summed E-state index contributed by atoms with van der Waals surface area (Å²) < 4.78 is 6.41. The third-order valence-electron chi connectivity index (χ3n) is 4.59. The number of benzene rings is 1. The van der Waals surface area contributed by atoms with Gasteiger partial charge in [0, 0.05) is 0 Å². The summed E-state index contributed by atoms with van der Waals surface area (Å²) in [6.07, 6.45) is 11.3. The summed E-state index contributed by atoms with van der Waals surface area (Å²) in [6, 6.07) is 7.89. The monoisotopic (exact) mass is 361 g/mol. The molecule has 0 bridgehead atoms. The van der Waals surface area contributed by atoms with Crippen LogP contribution in [0, 0.1) is 5.92 Å². The second-order valence-corrected chi connectivity index (χ2v) is 8.13. The molecule has 5 heteroatoms. The molecular formula is C19H23NO2S2. The molecule has 1 aliphatic heterocycles. The van der Waals surface area contributed by atoms with Crippen molar-refractivity contribution in [1.29, 1.82) is 0 Å². The number of nitrogens with one attached hydrogen (secondary N) is 1. The maximum absolute atomic E-state index is 11.7. The first kappa shape index (κ1) is 17.5. The second-order valence-electron chi connectivity index (χ2n) is 6.42. The van der Waals surface area contributed by atoms with Crippen molar-refractivity contribution in [3.05, 3.63) is 34.7 Å². The predicted molar refractivity (Wildman–Crippen MR) is 104 cm³/mol. The zero-order valence-electron chi connectivity index (χ0n) is 13.8. The van der Waals surface area contributed by atoms with Crippen LogP contribution in [0.15, 0.2) is 29.2 Å². The van der Waals surface area contributed by atoms with Gasteiger partial charge in [0.15, 0.2) is 0 Å². The van der Waals surface area contributed by atoms with Gasteiger partial charge >= 0.3 is 0 Å². The lowest BCUT2D eigenvalue weighted by Gasteiger charge is -2.14. The van der Waals surface area contributed by atoms with Crippen LogP contribution >= 0.6 is 24.0 Å². The lowest BCUT2D eigenvalue weighted by atomic mass is 9.97. The molecule has 1 N–H and O–H groups in total. The van der Waals surface area contributed by atoms with Crippen LogP contribution in [0.5, 0.6) is 5.75 Å². The van der Waals surface area contributed by atoms with Gasteiger partial charge in [-0.25, -0.2) is 0 Å². The minimum atomic E-state index is -0.117. The first-order valence-electron chi connectivity index (χ1n) is 8.68. The van der Waals surface area contributed by atoms with Crippen molar-refractivity contribution in [2.75, 3.05) is 6.61 Å². The fourth-order valence-electron chi connectivity index (χ4n) is 3.23. The van der Waals surface area contributed by atoms with E-state index in [9.17, 15) is 4.79 Å². The number of hydrogen-bond acceptors (Lipinski definition) is 4. The number of ether oxygens (including phenoxy) is 1. The number of carbonyl (C=O) groups excluding carboxylic acids is 1. The van der Waals surface area contributed by atoms with Crippen LogP contribution < -0.4 is 10.1 Å². The van der Waals surface area contributed by atoms with Crippen LogP contribution in [0.4, 0.5) is 0 Å². The Bertz CT molecular complexity index is 617. The van der Waals surface area contributed by atoms with Gasteiger partial charge in [-0.1, -0.05) is 74.6 Å². The topological polar surface area (TPSA) is 38.3 Å². The fourth-order valence-corrected chi connectivity index (χ4v) is 4.27. The van der Waals surface area contributed by atoms with E-state index in [1.807, 2.05) is 30.3 Å². The molecule has 3 nitrogen and oxygen atoms in total. The zero-order valence-corrected chi connectivity index (χ0v) is 15.4. The molecule has 1 aromatic rings. The van der Waals surface area contributed by atoms with E-state index in [4.69, 9.17) is 17.0 Å². The Morgan fingerprint density at radius 2 is 1.88 bits per heavy atom. The smallest absolute Gasteiger partial charge is 0.263 e. The van der Waals surface area contributed by atoms with E-state index in [2.05, 4.69) is 5.32 Å². The molecule has 0 radical (unpaired) electrons. The molecule has 0 aromatic heterocycles. The summed E-state index contributed by atoms with van der Waals surface area (Å²) in [7, 11) is 0.